The average Bonchev–Trinajstić information content (AvgIpc) is 2.25. The molecule has 3 heteroatoms. The van der Waals surface area contributed by atoms with Gasteiger partial charge in [0.25, 0.3) is 0 Å². The monoisotopic (exact) mass is 222 g/mol. The first-order valence-electron chi connectivity index (χ1n) is 5.49. The van der Waals surface area contributed by atoms with Crippen LogP contribution in [0.3, 0.4) is 0 Å². The Morgan fingerprint density at radius 1 is 1.31 bits per heavy atom. The number of carboxylic acid groups (broad SMARTS) is 1. The van der Waals surface area contributed by atoms with Gasteiger partial charge in [-0.25, -0.2) is 4.79 Å². The summed E-state index contributed by atoms with van der Waals surface area (Å²) in [5.41, 5.74) is 1.43. The van der Waals surface area contributed by atoms with E-state index in [1.807, 2.05) is 12.1 Å². The zero-order chi connectivity index (χ0) is 12.0. The highest BCUT2D eigenvalue weighted by atomic mass is 16.5. The summed E-state index contributed by atoms with van der Waals surface area (Å²) in [5.74, 6) is -0.336. The Morgan fingerprint density at radius 3 is 2.44 bits per heavy atom. The summed E-state index contributed by atoms with van der Waals surface area (Å²) in [6.45, 7) is 5.68. The van der Waals surface area contributed by atoms with Gasteiger partial charge in [-0.15, -0.1) is 0 Å². The van der Waals surface area contributed by atoms with E-state index in [4.69, 9.17) is 9.84 Å². The molecule has 0 amide bonds. The summed E-state index contributed by atoms with van der Waals surface area (Å²) >= 11 is 0. The smallest absolute Gasteiger partial charge is 0.335 e. The van der Waals surface area contributed by atoms with Crippen LogP contribution in [0.15, 0.2) is 24.3 Å². The van der Waals surface area contributed by atoms with Crippen molar-refractivity contribution in [3.05, 3.63) is 35.4 Å². The molecule has 0 aliphatic heterocycles. The highest BCUT2D eigenvalue weighted by Crippen LogP contribution is 2.05. The molecule has 0 saturated carbocycles. The van der Waals surface area contributed by atoms with Crippen LogP contribution in [-0.2, 0) is 11.2 Å². The molecule has 3 nitrogen and oxygen atoms in total. The zero-order valence-corrected chi connectivity index (χ0v) is 9.77. The minimum Gasteiger partial charge on any atom is -0.478 e. The lowest BCUT2D eigenvalue weighted by molar-refractivity contribution is 0.0697. The molecule has 0 unspecified atom stereocenters. The Morgan fingerprint density at radius 2 is 1.94 bits per heavy atom. The van der Waals surface area contributed by atoms with Crippen molar-refractivity contribution in [3.63, 3.8) is 0 Å². The van der Waals surface area contributed by atoms with Crippen molar-refractivity contribution in [3.8, 4) is 0 Å². The molecule has 0 saturated heterocycles. The number of ether oxygens (including phenoxy) is 1. The zero-order valence-electron chi connectivity index (χ0n) is 9.77. The van der Waals surface area contributed by atoms with Gasteiger partial charge in [-0.2, -0.15) is 0 Å². The fourth-order valence-electron chi connectivity index (χ4n) is 1.32. The van der Waals surface area contributed by atoms with E-state index in [0.29, 0.717) is 18.1 Å². The van der Waals surface area contributed by atoms with Crippen molar-refractivity contribution in [2.45, 2.75) is 20.3 Å². The van der Waals surface area contributed by atoms with Gasteiger partial charge in [0.05, 0.1) is 12.2 Å². The third kappa shape index (κ3) is 4.45. The average molecular weight is 222 g/mol. The Hall–Kier alpha value is -1.35. The second-order valence-electron chi connectivity index (χ2n) is 4.22. The van der Waals surface area contributed by atoms with Gasteiger partial charge in [0.15, 0.2) is 0 Å². The lowest BCUT2D eigenvalue weighted by Crippen LogP contribution is -2.05. The van der Waals surface area contributed by atoms with Crippen LogP contribution < -0.4 is 0 Å². The second-order valence-corrected chi connectivity index (χ2v) is 4.22. The van der Waals surface area contributed by atoms with E-state index in [2.05, 4.69) is 13.8 Å². The number of carboxylic acids is 1. The van der Waals surface area contributed by atoms with Gasteiger partial charge < -0.3 is 9.84 Å². The summed E-state index contributed by atoms with van der Waals surface area (Å²) in [4.78, 5) is 10.6. The van der Waals surface area contributed by atoms with Crippen molar-refractivity contribution >= 4 is 5.97 Å². The maximum atomic E-state index is 10.6. The third-order valence-corrected chi connectivity index (χ3v) is 2.19. The quantitative estimate of drug-likeness (QED) is 0.752. The molecular weight excluding hydrogens is 204 g/mol. The molecule has 0 spiro atoms. The number of aromatic carboxylic acids is 1. The molecule has 0 fully saturated rings. The predicted molar refractivity (Wildman–Crippen MR) is 62.8 cm³/mol. The van der Waals surface area contributed by atoms with Crippen molar-refractivity contribution in [2.24, 2.45) is 5.92 Å². The first kappa shape index (κ1) is 12.7. The predicted octanol–water partition coefficient (Wildman–Crippen LogP) is 2.60. The molecule has 0 atom stereocenters. The van der Waals surface area contributed by atoms with Crippen LogP contribution in [0, 0.1) is 5.92 Å². The summed E-state index contributed by atoms with van der Waals surface area (Å²) in [5, 5.41) is 8.73. The maximum absolute atomic E-state index is 10.6. The summed E-state index contributed by atoms with van der Waals surface area (Å²) in [6, 6.07) is 6.92. The van der Waals surface area contributed by atoms with Crippen LogP contribution in [0.25, 0.3) is 0 Å². The molecular formula is C13H18O3. The number of carbonyl (C=O) groups is 1. The van der Waals surface area contributed by atoms with Crippen molar-refractivity contribution in [1.82, 2.24) is 0 Å². The molecule has 16 heavy (non-hydrogen) atoms. The van der Waals surface area contributed by atoms with E-state index < -0.39 is 5.97 Å². The number of hydrogen-bond acceptors (Lipinski definition) is 2. The van der Waals surface area contributed by atoms with Crippen molar-refractivity contribution in [2.75, 3.05) is 13.2 Å². The van der Waals surface area contributed by atoms with E-state index in [1.165, 1.54) is 0 Å². The molecule has 0 heterocycles. The topological polar surface area (TPSA) is 46.5 Å². The Kier molecular flexibility index (Phi) is 4.99. The van der Waals surface area contributed by atoms with Crippen LogP contribution in [0.2, 0.25) is 0 Å². The largest absolute Gasteiger partial charge is 0.478 e. The fraction of sp³-hybridized carbons (Fsp3) is 0.462. The molecule has 1 rings (SSSR count). The second kappa shape index (κ2) is 6.28. The number of rotatable bonds is 6. The minimum absolute atomic E-state index is 0.326. The van der Waals surface area contributed by atoms with Gasteiger partial charge in [-0.3, -0.25) is 0 Å². The summed E-state index contributed by atoms with van der Waals surface area (Å²) in [6.07, 6.45) is 0.826. The molecule has 0 radical (unpaired) electrons. The lowest BCUT2D eigenvalue weighted by Gasteiger charge is -2.06. The maximum Gasteiger partial charge on any atom is 0.335 e. The van der Waals surface area contributed by atoms with Gasteiger partial charge in [0.1, 0.15) is 0 Å². The highest BCUT2D eigenvalue weighted by molar-refractivity contribution is 5.87. The van der Waals surface area contributed by atoms with E-state index in [0.717, 1.165) is 18.6 Å². The van der Waals surface area contributed by atoms with Crippen LogP contribution in [0.4, 0.5) is 0 Å². The molecule has 88 valence electrons. The number of benzene rings is 1. The van der Waals surface area contributed by atoms with E-state index in [9.17, 15) is 4.79 Å². The molecule has 1 N–H and O–H groups in total. The van der Waals surface area contributed by atoms with Crippen LogP contribution in [0.5, 0.6) is 0 Å². The van der Waals surface area contributed by atoms with Crippen molar-refractivity contribution in [1.29, 1.82) is 0 Å². The summed E-state index contributed by atoms with van der Waals surface area (Å²) < 4.78 is 5.46. The Balaban J connectivity index is 2.35. The normalized spacial score (nSPS) is 10.7. The van der Waals surface area contributed by atoms with E-state index in [1.54, 1.807) is 12.1 Å². The standard InChI is InChI=1S/C13H18O3/c1-10(2)9-16-8-7-11-3-5-12(6-4-11)13(14)15/h3-6,10H,7-9H2,1-2H3,(H,14,15). The number of hydrogen-bond donors (Lipinski definition) is 1. The van der Waals surface area contributed by atoms with Crippen molar-refractivity contribution < 1.29 is 14.6 Å². The van der Waals surface area contributed by atoms with Gasteiger partial charge >= 0.3 is 5.97 Å². The van der Waals surface area contributed by atoms with Gasteiger partial charge in [-0.1, -0.05) is 26.0 Å². The van der Waals surface area contributed by atoms with Gasteiger partial charge in [0, 0.05) is 6.61 Å². The van der Waals surface area contributed by atoms with Crippen LogP contribution in [0.1, 0.15) is 29.8 Å². The molecule has 0 aliphatic carbocycles. The Labute approximate surface area is 96.1 Å². The van der Waals surface area contributed by atoms with Crippen LogP contribution in [-0.4, -0.2) is 24.3 Å². The van der Waals surface area contributed by atoms with E-state index in [-0.39, 0.29) is 0 Å². The highest BCUT2D eigenvalue weighted by Gasteiger charge is 2.01. The SMILES string of the molecule is CC(C)COCCc1ccc(C(=O)O)cc1. The van der Waals surface area contributed by atoms with E-state index >= 15 is 0 Å². The van der Waals surface area contributed by atoms with Crippen LogP contribution >= 0.6 is 0 Å². The molecule has 0 aliphatic rings. The van der Waals surface area contributed by atoms with Gasteiger partial charge in [0.2, 0.25) is 0 Å². The molecule has 0 aromatic heterocycles. The van der Waals surface area contributed by atoms with Gasteiger partial charge in [-0.05, 0) is 30.0 Å². The molecule has 0 bridgehead atoms. The fourth-order valence-corrected chi connectivity index (χ4v) is 1.32. The first-order chi connectivity index (χ1) is 7.59. The third-order valence-electron chi connectivity index (χ3n) is 2.19. The molecule has 1 aromatic carbocycles. The lowest BCUT2D eigenvalue weighted by atomic mass is 10.1. The Bertz CT molecular complexity index is 328. The molecule has 1 aromatic rings. The first-order valence-corrected chi connectivity index (χ1v) is 5.49. The minimum atomic E-state index is -0.886. The summed E-state index contributed by atoms with van der Waals surface area (Å²) in [7, 11) is 0.